The minimum Gasteiger partial charge on any atom is -0.508 e. The molecule has 0 aliphatic carbocycles. The van der Waals surface area contributed by atoms with E-state index in [9.17, 15) is 29.4 Å². The van der Waals surface area contributed by atoms with Gasteiger partial charge in [-0.25, -0.2) is 14.4 Å². The quantitative estimate of drug-likeness (QED) is 0.00321. The normalized spacial score (nSPS) is 10.0. The molecule has 7 aromatic carbocycles. The Hall–Kier alpha value is -10.6. The molecule has 0 saturated carbocycles. The van der Waals surface area contributed by atoms with Crippen LogP contribution in [0, 0.1) is 0 Å². The zero-order chi connectivity index (χ0) is 96.5. The van der Waals surface area contributed by atoms with Crippen molar-refractivity contribution in [3.05, 3.63) is 236 Å². The van der Waals surface area contributed by atoms with Crippen molar-refractivity contribution < 1.29 is 98.3 Å². The van der Waals surface area contributed by atoms with Crippen molar-refractivity contribution in [1.82, 2.24) is 59.8 Å². The molecule has 4 heterocycles. The molecule has 11 aromatic rings. The Bertz CT molecular complexity index is 5050. The van der Waals surface area contributed by atoms with Gasteiger partial charge in [0, 0.05) is 77.5 Å². The van der Waals surface area contributed by atoms with E-state index in [4.69, 9.17) is 121 Å². The highest BCUT2D eigenvalue weighted by molar-refractivity contribution is 9.09. The van der Waals surface area contributed by atoms with Gasteiger partial charge in [-0.1, -0.05) is 84.7 Å². The summed E-state index contributed by atoms with van der Waals surface area (Å²) in [6.07, 6.45) is 4.31. The van der Waals surface area contributed by atoms with Crippen LogP contribution in [0.25, 0.3) is 0 Å². The fourth-order valence-electron chi connectivity index (χ4n) is 8.32. The SMILES string of the molecule is C=CC(=O)Cl.C=CC(=O)OCCNc1nc(Sc2cccc(OCCOC(=O)C=C)c2)nc(Sc2cccc(OCCOC(=O)C=C)c2)n1.Clc1nc(Cl)nc(Cl)n1.NCCO.OCCBr.OCCNc1nc(Sc2cccc(O)c2)nc(Sc2cccc(O)c2)n1.OCCNc1nc(Sc2cccc(OCCO)c2)nc(Sc2cccc(OCCO)c2)n1.Oc1cccc(S)c1. The summed E-state index contributed by atoms with van der Waals surface area (Å²) >= 11 is 35.5. The highest BCUT2D eigenvalue weighted by Crippen LogP contribution is 2.37. The fraction of sp³-hybridized carbons (Fsp3) is 0.214. The molecule has 0 atom stereocenters. The summed E-state index contributed by atoms with van der Waals surface area (Å²) in [4.78, 5) is 99.4. The predicted octanol–water partition coefficient (Wildman–Crippen LogP) is 13.6. The van der Waals surface area contributed by atoms with Gasteiger partial charge in [0.1, 0.15) is 86.5 Å². The number of ether oxygens (including phenoxy) is 7. The number of aliphatic hydroxyl groups is 6. The van der Waals surface area contributed by atoms with Crippen LogP contribution in [0.5, 0.6) is 40.2 Å². The lowest BCUT2D eigenvalue weighted by Gasteiger charge is -2.11. The predicted molar refractivity (Wildman–Crippen MR) is 514 cm³/mol. The van der Waals surface area contributed by atoms with Gasteiger partial charge in [-0.2, -0.15) is 59.8 Å². The second kappa shape index (κ2) is 69.3. The Morgan fingerprint density at radius 3 is 0.871 bits per heavy atom. The molecule has 0 unspecified atom stereocenters. The van der Waals surface area contributed by atoms with Gasteiger partial charge < -0.3 is 101 Å². The Morgan fingerprint density at radius 1 is 0.364 bits per heavy atom. The number of aromatic hydroxyl groups is 3. The van der Waals surface area contributed by atoms with Crippen molar-refractivity contribution >= 4 is 187 Å². The Balaban J connectivity index is 0.000000363. The average molecular weight is 2090 g/mol. The third-order valence-electron chi connectivity index (χ3n) is 13.5. The van der Waals surface area contributed by atoms with Crippen molar-refractivity contribution in [3.63, 3.8) is 0 Å². The number of nitrogens with one attached hydrogen (secondary N) is 3. The first-order valence-corrected chi connectivity index (χ1v) is 46.1. The lowest BCUT2D eigenvalue weighted by Crippen LogP contribution is -2.14. The maximum atomic E-state index is 11.4. The van der Waals surface area contributed by atoms with E-state index in [2.05, 4.69) is 131 Å². The van der Waals surface area contributed by atoms with Crippen molar-refractivity contribution in [2.75, 3.05) is 133 Å². The number of anilines is 3. The number of aromatic nitrogens is 12. The number of nitrogens with two attached hydrogens (primary N) is 1. The molecule has 0 saturated heterocycles. The van der Waals surface area contributed by atoms with Gasteiger partial charge in [-0.05, 0) is 250 Å². The number of aliphatic hydroxyl groups excluding tert-OH is 6. The number of phenolic OH excluding ortho intramolecular Hbond substituents is 3. The van der Waals surface area contributed by atoms with Gasteiger partial charge in [0.15, 0.2) is 30.9 Å². The maximum absolute atomic E-state index is 11.4. The molecule has 36 nitrogen and oxygen atoms in total. The van der Waals surface area contributed by atoms with Crippen LogP contribution >= 0.6 is 146 Å². The van der Waals surface area contributed by atoms with Crippen LogP contribution in [-0.2, 0) is 33.4 Å². The summed E-state index contributed by atoms with van der Waals surface area (Å²) in [5, 5.41) is 91.4. The number of nitrogens with zero attached hydrogens (tertiary/aromatic N) is 12. The standard InChI is InChI=1S/C30H30N4O8S2.C21H24N4O5S2.C17H16N4O3S2.C6H6OS.C3Cl3N3.C3H3ClO.C2H5BrO.C2H7NO/c1-4-25(35)40-14-13-31-28-32-29(43-23-11-7-9-21(19-23)38-15-17-41-26(36)5-2)34-30(33-28)44-24-12-8-10-22(20-24)39-16-18-42-27(37)6-3;26-8-7-22-19-23-20(31-17-5-1-3-15(13-17)29-11-9-27)25-21(24-19)32-18-6-2-4-16(14-18)30-12-10-28;22-8-7-18-15-19-16(25-13-5-1-3-11(23)9-13)21-17(20-15)26-14-6-2-4-12(24)10-14;7-5-2-1-3-6(8)4-5;4-1-7-2(5)9-3(6)8-1;1-2-3(4)5;2*3-1-2-4/h4-12,19-20H,1-3,13-18H2,(H,31,32,33,34);1-6,13-14,26-28H,7-12H2,(H,22,23,24,25);1-6,9-10,22-24H,7-8H2,(H,18,19,20,21);1-4,7-8H;;2H,1H2;4H,1-2H2;4H,1-3H2. The van der Waals surface area contributed by atoms with E-state index in [0.717, 1.165) is 58.6 Å². The number of carbonyl (C=O) groups excluding carboxylic acids is 4. The van der Waals surface area contributed by atoms with Gasteiger partial charge in [0.2, 0.25) is 38.9 Å². The molecule has 4 aromatic heterocycles. The number of benzene rings is 7. The minimum atomic E-state index is -0.531. The molecule has 0 amide bonds. The van der Waals surface area contributed by atoms with Gasteiger partial charge >= 0.3 is 17.9 Å². The molecule has 0 spiro atoms. The molecule has 0 fully saturated rings. The molecule has 11 rings (SSSR count). The highest BCUT2D eigenvalue weighted by atomic mass is 79.9. The van der Waals surface area contributed by atoms with E-state index >= 15 is 0 Å². The van der Waals surface area contributed by atoms with Crippen molar-refractivity contribution in [2.45, 2.75) is 65.2 Å². The number of alkyl halides is 1. The van der Waals surface area contributed by atoms with Crippen LogP contribution in [0.2, 0.25) is 15.9 Å². The molecular formula is C84H91BrCl4N16O20S7. The molecule has 0 aliphatic rings. The Morgan fingerprint density at radius 2 is 0.629 bits per heavy atom. The Labute approximate surface area is 818 Å². The van der Waals surface area contributed by atoms with E-state index in [1.807, 2.05) is 103 Å². The molecule has 14 N–H and O–H groups in total. The van der Waals surface area contributed by atoms with Crippen molar-refractivity contribution in [1.29, 1.82) is 0 Å². The smallest absolute Gasteiger partial charge is 0.330 e. The molecule has 132 heavy (non-hydrogen) atoms. The monoisotopic (exact) mass is 2090 g/mol. The summed E-state index contributed by atoms with van der Waals surface area (Å²) < 4.78 is 37.2. The second-order valence-corrected chi connectivity index (χ2v) is 32.4. The summed E-state index contributed by atoms with van der Waals surface area (Å²) in [6.45, 7) is 15.6. The van der Waals surface area contributed by atoms with Crippen LogP contribution < -0.4 is 40.6 Å². The van der Waals surface area contributed by atoms with Gasteiger partial charge in [0.25, 0.3) is 0 Å². The number of esters is 3. The Kier molecular flexibility index (Phi) is 59.7. The van der Waals surface area contributed by atoms with Crippen LogP contribution in [-0.4, -0.2) is 246 Å². The van der Waals surface area contributed by atoms with Gasteiger partial charge in [-0.15, -0.1) is 12.6 Å². The van der Waals surface area contributed by atoms with Crippen LogP contribution in [0.3, 0.4) is 0 Å². The first kappa shape index (κ1) is 114. The van der Waals surface area contributed by atoms with E-state index < -0.39 is 23.2 Å². The summed E-state index contributed by atoms with van der Waals surface area (Å²) in [5.74, 6) is 2.45. The molecule has 704 valence electrons. The maximum Gasteiger partial charge on any atom is 0.330 e. The summed E-state index contributed by atoms with van der Waals surface area (Å²) in [6, 6.07) is 49.8. The zero-order valence-electron chi connectivity index (χ0n) is 69.8. The lowest BCUT2D eigenvalue weighted by molar-refractivity contribution is -0.139. The molecule has 0 radical (unpaired) electrons. The number of allylic oxidation sites excluding steroid dienone is 1. The number of thiol groups is 1. The van der Waals surface area contributed by atoms with E-state index in [1.54, 1.807) is 66.7 Å². The number of hydrogen-bond acceptors (Lipinski definition) is 43. The average Bonchev–Trinajstić information content (AvgIpc) is 0.841. The number of carbonyl (C=O) groups is 4. The number of halogens is 5. The van der Waals surface area contributed by atoms with Crippen LogP contribution in [0.15, 0.2) is 286 Å². The number of hydrogen-bond donors (Lipinski definition) is 14. The fourth-order valence-corrected chi connectivity index (χ4v) is 14.1. The zero-order valence-corrected chi connectivity index (χ0v) is 80.2. The number of rotatable bonds is 42. The molecule has 0 bridgehead atoms. The highest BCUT2D eigenvalue weighted by Gasteiger charge is 2.17. The van der Waals surface area contributed by atoms with E-state index in [-0.39, 0.29) is 131 Å². The first-order valence-electron chi connectivity index (χ1n) is 38.2. The third-order valence-corrected chi connectivity index (χ3v) is 19.9. The van der Waals surface area contributed by atoms with Gasteiger partial charge in [0.05, 0.1) is 46.2 Å². The third kappa shape index (κ3) is 52.6. The molecule has 48 heteroatoms. The topological polar surface area (TPSA) is 532 Å². The first-order chi connectivity index (χ1) is 63.8. The molecule has 0 aliphatic heterocycles. The summed E-state index contributed by atoms with van der Waals surface area (Å²) in [7, 11) is 0. The van der Waals surface area contributed by atoms with Crippen molar-refractivity contribution in [2.24, 2.45) is 5.73 Å². The lowest BCUT2D eigenvalue weighted by atomic mass is 10.3. The minimum absolute atomic E-state index is 0.000000000000000444. The molecular weight excluding hydrogens is 2000 g/mol. The van der Waals surface area contributed by atoms with E-state index in [0.29, 0.717) is 90.8 Å². The summed E-state index contributed by atoms with van der Waals surface area (Å²) in [5.41, 5.74) is 4.78. The largest absolute Gasteiger partial charge is 0.508 e. The van der Waals surface area contributed by atoms with Crippen LogP contribution in [0.1, 0.15) is 0 Å². The second-order valence-electron chi connectivity index (χ2n) is 23.5. The van der Waals surface area contributed by atoms with Gasteiger partial charge in [-0.3, -0.25) is 4.79 Å². The van der Waals surface area contributed by atoms with Crippen molar-refractivity contribution in [3.8, 4) is 40.2 Å². The number of phenols is 3. The van der Waals surface area contributed by atoms with E-state index in [1.165, 1.54) is 70.6 Å². The van der Waals surface area contributed by atoms with Crippen LogP contribution in [0.4, 0.5) is 17.8 Å².